The van der Waals surface area contributed by atoms with Gasteiger partial charge in [-0.15, -0.1) is 0 Å². The molecule has 3 heterocycles. The molecule has 2 aliphatic rings. The van der Waals surface area contributed by atoms with Gasteiger partial charge in [-0.25, -0.2) is 23.7 Å². The molecule has 212 valence electrons. The largest absolute Gasteiger partial charge is 0.367 e. The second-order valence-electron chi connectivity index (χ2n) is 10.7. The number of imidazole rings is 1. The van der Waals surface area contributed by atoms with Gasteiger partial charge in [-0.05, 0) is 80.6 Å². The van der Waals surface area contributed by atoms with Gasteiger partial charge in [0.1, 0.15) is 35.4 Å². The lowest BCUT2D eigenvalue weighted by molar-refractivity contribution is -0.131. The summed E-state index contributed by atoms with van der Waals surface area (Å²) in [5, 5.41) is 3.47. The summed E-state index contributed by atoms with van der Waals surface area (Å²) in [5.41, 5.74) is 3.11. The monoisotopic (exact) mass is 557 g/mol. The molecule has 2 N–H and O–H groups in total. The summed E-state index contributed by atoms with van der Waals surface area (Å²) in [6, 6.07) is 14.8. The number of aromatic nitrogens is 4. The molecule has 0 bridgehead atoms. The molecule has 0 atom stereocenters. The van der Waals surface area contributed by atoms with Crippen molar-refractivity contribution in [2.45, 2.75) is 44.6 Å². The molecule has 2 fully saturated rings. The molecule has 10 heteroatoms. The first-order valence-electron chi connectivity index (χ1n) is 14.2. The van der Waals surface area contributed by atoms with Crippen LogP contribution in [0.25, 0.3) is 22.6 Å². The second-order valence-corrected chi connectivity index (χ2v) is 10.7. The molecular weight excluding hydrogens is 524 g/mol. The van der Waals surface area contributed by atoms with Gasteiger partial charge in [0.15, 0.2) is 0 Å². The van der Waals surface area contributed by atoms with Crippen LogP contribution in [0.3, 0.4) is 0 Å². The van der Waals surface area contributed by atoms with E-state index in [2.05, 4.69) is 25.2 Å². The summed E-state index contributed by atoms with van der Waals surface area (Å²) in [7, 11) is 0. The highest BCUT2D eigenvalue weighted by molar-refractivity contribution is 5.76. The summed E-state index contributed by atoms with van der Waals surface area (Å²) in [4.78, 5) is 34.1. The van der Waals surface area contributed by atoms with E-state index >= 15 is 0 Å². The molecule has 1 saturated heterocycles. The lowest BCUT2D eigenvalue weighted by Crippen LogP contribution is -2.49. The molecular formula is C31H33F2N7O. The van der Waals surface area contributed by atoms with Crippen molar-refractivity contribution in [1.29, 1.82) is 0 Å². The van der Waals surface area contributed by atoms with Gasteiger partial charge in [-0.1, -0.05) is 0 Å². The maximum atomic E-state index is 13.6. The average Bonchev–Trinajstić information content (AvgIpc) is 3.40. The number of hydrogen-bond acceptors (Lipinski definition) is 6. The number of aryl methyl sites for hydroxylation is 1. The van der Waals surface area contributed by atoms with Gasteiger partial charge in [0.05, 0.1) is 5.69 Å². The molecule has 1 amide bonds. The Balaban J connectivity index is 1.05. The molecule has 6 rings (SSSR count). The summed E-state index contributed by atoms with van der Waals surface area (Å²) >= 11 is 0. The van der Waals surface area contributed by atoms with Crippen LogP contribution >= 0.6 is 0 Å². The molecule has 2 aromatic carbocycles. The number of rotatable bonds is 9. The van der Waals surface area contributed by atoms with Crippen molar-refractivity contribution in [3.05, 3.63) is 78.3 Å². The smallest absolute Gasteiger partial charge is 0.222 e. The Morgan fingerprint density at radius 2 is 1.61 bits per heavy atom. The van der Waals surface area contributed by atoms with E-state index in [4.69, 9.17) is 4.98 Å². The lowest BCUT2D eigenvalue weighted by atomic mass is 9.93. The number of piperazine rings is 1. The van der Waals surface area contributed by atoms with Crippen molar-refractivity contribution < 1.29 is 13.6 Å². The molecule has 0 spiro atoms. The van der Waals surface area contributed by atoms with Crippen LogP contribution in [-0.2, 0) is 11.2 Å². The van der Waals surface area contributed by atoms with Gasteiger partial charge in [0.2, 0.25) is 5.91 Å². The summed E-state index contributed by atoms with van der Waals surface area (Å²) in [6.45, 7) is 2.74. The fourth-order valence-electron chi connectivity index (χ4n) is 5.30. The molecule has 0 radical (unpaired) electrons. The quantitative estimate of drug-likeness (QED) is 0.285. The first kappa shape index (κ1) is 26.9. The highest BCUT2D eigenvalue weighted by Gasteiger charge is 2.23. The highest BCUT2D eigenvalue weighted by atomic mass is 19.1. The Hall–Kier alpha value is -4.34. The van der Waals surface area contributed by atoms with Crippen LogP contribution in [0.4, 0.5) is 20.4 Å². The molecule has 4 aromatic rings. The number of H-pyrrole nitrogens is 1. The van der Waals surface area contributed by atoms with Crippen LogP contribution in [0, 0.1) is 11.6 Å². The zero-order valence-corrected chi connectivity index (χ0v) is 22.8. The first-order chi connectivity index (χ1) is 20.0. The van der Waals surface area contributed by atoms with Gasteiger partial charge in [-0.2, -0.15) is 0 Å². The van der Waals surface area contributed by atoms with Gasteiger partial charge in [-0.3, -0.25) is 4.79 Å². The Morgan fingerprint density at radius 3 is 2.27 bits per heavy atom. The third-order valence-electron chi connectivity index (χ3n) is 7.90. The zero-order chi connectivity index (χ0) is 28.2. The minimum absolute atomic E-state index is 0.126. The SMILES string of the molecule is O=C(CCCc1[nH]c(-c2ccc(F)cc2)nc1-c1ccc(F)cc1)N1CCN(c2cc(NC3CCC3)ncn2)CC1. The van der Waals surface area contributed by atoms with Crippen molar-refractivity contribution in [2.24, 2.45) is 0 Å². The van der Waals surface area contributed by atoms with Crippen molar-refractivity contribution in [2.75, 3.05) is 36.4 Å². The van der Waals surface area contributed by atoms with E-state index < -0.39 is 0 Å². The standard InChI is InChI=1S/C31H33F2N7O/c32-23-11-7-21(8-12-23)30-26(37-31(38-30)22-9-13-24(33)14-10-22)5-2-6-29(41)40-17-15-39(16-18-40)28-19-27(34-20-35-28)36-25-3-1-4-25/h7-14,19-20,25H,1-6,15-18H2,(H,37,38)(H,34,35,36). The van der Waals surface area contributed by atoms with E-state index in [1.54, 1.807) is 30.6 Å². The van der Waals surface area contributed by atoms with Gasteiger partial charge < -0.3 is 20.1 Å². The van der Waals surface area contributed by atoms with Crippen LogP contribution in [0.5, 0.6) is 0 Å². The van der Waals surface area contributed by atoms with E-state index in [1.807, 2.05) is 11.0 Å². The molecule has 0 unspecified atom stereocenters. The summed E-state index contributed by atoms with van der Waals surface area (Å²) < 4.78 is 27.0. The zero-order valence-electron chi connectivity index (χ0n) is 22.8. The lowest BCUT2D eigenvalue weighted by Gasteiger charge is -2.35. The fourth-order valence-corrected chi connectivity index (χ4v) is 5.30. The molecule has 41 heavy (non-hydrogen) atoms. The molecule has 1 aliphatic carbocycles. The molecule has 8 nitrogen and oxygen atoms in total. The first-order valence-corrected chi connectivity index (χ1v) is 14.2. The van der Waals surface area contributed by atoms with Crippen LogP contribution in [0.1, 0.15) is 37.8 Å². The van der Waals surface area contributed by atoms with Crippen LogP contribution < -0.4 is 10.2 Å². The number of nitrogens with zero attached hydrogens (tertiary/aromatic N) is 5. The normalized spacial score (nSPS) is 15.6. The number of amides is 1. The molecule has 1 saturated carbocycles. The Bertz CT molecular complexity index is 1480. The summed E-state index contributed by atoms with van der Waals surface area (Å²) in [6.07, 6.45) is 6.89. The third-order valence-corrected chi connectivity index (χ3v) is 7.90. The van der Waals surface area contributed by atoms with E-state index in [0.717, 1.165) is 41.5 Å². The number of hydrogen-bond donors (Lipinski definition) is 2. The van der Waals surface area contributed by atoms with Crippen LogP contribution in [0.15, 0.2) is 60.9 Å². The Labute approximate surface area is 237 Å². The fraction of sp³-hybridized carbons (Fsp3) is 0.355. The Morgan fingerprint density at radius 1 is 0.927 bits per heavy atom. The van der Waals surface area contributed by atoms with Crippen molar-refractivity contribution >= 4 is 17.5 Å². The molecule has 2 aromatic heterocycles. The summed E-state index contributed by atoms with van der Waals surface area (Å²) in [5.74, 6) is 1.85. The van der Waals surface area contributed by atoms with Crippen molar-refractivity contribution in [1.82, 2.24) is 24.8 Å². The van der Waals surface area contributed by atoms with Crippen molar-refractivity contribution in [3.63, 3.8) is 0 Å². The van der Waals surface area contributed by atoms with Gasteiger partial charge >= 0.3 is 0 Å². The van der Waals surface area contributed by atoms with E-state index in [9.17, 15) is 13.6 Å². The number of carbonyl (C=O) groups is 1. The van der Waals surface area contributed by atoms with E-state index in [-0.39, 0.29) is 17.5 Å². The van der Waals surface area contributed by atoms with E-state index in [1.165, 1.54) is 43.5 Å². The number of anilines is 2. The van der Waals surface area contributed by atoms with Gasteiger partial charge in [0.25, 0.3) is 0 Å². The van der Waals surface area contributed by atoms with Crippen molar-refractivity contribution in [3.8, 4) is 22.6 Å². The predicted molar refractivity (Wildman–Crippen MR) is 154 cm³/mol. The number of nitrogens with one attached hydrogen (secondary N) is 2. The number of aromatic amines is 1. The Kier molecular flexibility index (Phi) is 7.89. The number of carbonyl (C=O) groups excluding carboxylic acids is 1. The molecule has 1 aliphatic heterocycles. The average molecular weight is 558 g/mol. The second kappa shape index (κ2) is 12.0. The maximum Gasteiger partial charge on any atom is 0.222 e. The predicted octanol–water partition coefficient (Wildman–Crippen LogP) is 5.45. The van der Waals surface area contributed by atoms with Gasteiger partial charge in [0, 0.05) is 61.5 Å². The minimum atomic E-state index is -0.319. The number of benzene rings is 2. The maximum absolute atomic E-state index is 13.6. The highest BCUT2D eigenvalue weighted by Crippen LogP contribution is 2.28. The third kappa shape index (κ3) is 6.37. The minimum Gasteiger partial charge on any atom is -0.367 e. The topological polar surface area (TPSA) is 90.0 Å². The number of halogens is 2. The van der Waals surface area contributed by atoms with E-state index in [0.29, 0.717) is 49.9 Å². The van der Waals surface area contributed by atoms with Crippen LogP contribution in [0.2, 0.25) is 0 Å². The van der Waals surface area contributed by atoms with Crippen LogP contribution in [-0.4, -0.2) is 63.0 Å².